The lowest BCUT2D eigenvalue weighted by molar-refractivity contribution is 0.0527. The summed E-state index contributed by atoms with van der Waals surface area (Å²) in [4.78, 5) is 21.0. The minimum Gasteiger partial charge on any atom is -0.444 e. The first kappa shape index (κ1) is 26.2. The molecule has 1 aliphatic heterocycles. The van der Waals surface area contributed by atoms with Crippen molar-refractivity contribution < 1.29 is 9.53 Å². The smallest absolute Gasteiger partial charge is 0.407 e. The molecule has 1 saturated heterocycles. The molecule has 0 bridgehead atoms. The fourth-order valence-electron chi connectivity index (χ4n) is 2.64. The van der Waals surface area contributed by atoms with Crippen molar-refractivity contribution in [3.8, 4) is 0 Å². The molecular formula is C18H39IN6O2. The molecule has 0 spiro atoms. The lowest BCUT2D eigenvalue weighted by Gasteiger charge is -2.36. The number of hydrogen-bond donors (Lipinski definition) is 3. The van der Waals surface area contributed by atoms with Gasteiger partial charge in [0.05, 0.1) is 6.54 Å². The first-order valence-corrected chi connectivity index (χ1v) is 9.59. The number of amides is 1. The summed E-state index contributed by atoms with van der Waals surface area (Å²) >= 11 is 0. The van der Waals surface area contributed by atoms with Crippen LogP contribution in [0.5, 0.6) is 0 Å². The van der Waals surface area contributed by atoms with Crippen LogP contribution in [0.3, 0.4) is 0 Å². The molecule has 1 aliphatic rings. The average Bonchev–Trinajstić information content (AvgIpc) is 2.53. The van der Waals surface area contributed by atoms with Gasteiger partial charge in [0, 0.05) is 45.3 Å². The zero-order valence-corrected chi connectivity index (χ0v) is 20.1. The van der Waals surface area contributed by atoms with E-state index in [1.165, 1.54) is 0 Å². The Balaban J connectivity index is 0.00000676. The highest BCUT2D eigenvalue weighted by Crippen LogP contribution is 2.07. The van der Waals surface area contributed by atoms with Gasteiger partial charge in [-0.1, -0.05) is 0 Å². The van der Waals surface area contributed by atoms with Crippen LogP contribution < -0.4 is 16.0 Å². The molecule has 3 N–H and O–H groups in total. The van der Waals surface area contributed by atoms with Gasteiger partial charge in [0.25, 0.3) is 0 Å². The molecule has 0 radical (unpaired) electrons. The Morgan fingerprint density at radius 3 is 2.44 bits per heavy atom. The Kier molecular flexibility index (Phi) is 13.0. The van der Waals surface area contributed by atoms with Gasteiger partial charge in [-0.2, -0.15) is 0 Å². The molecule has 1 fully saturated rings. The first-order chi connectivity index (χ1) is 12.2. The van der Waals surface area contributed by atoms with Crippen LogP contribution in [-0.2, 0) is 4.74 Å². The van der Waals surface area contributed by atoms with Crippen LogP contribution in [0.4, 0.5) is 4.79 Å². The number of alkyl carbamates (subject to hydrolysis) is 1. The Hall–Kier alpha value is -0.810. The standard InChI is InChI=1S/C18H38N6O2.HI/c1-7-19-16(22-13-15-14-23(5)11-12-24(15)6)20-9-8-10-21-17(25)26-18(2,3)4;/h15H,7-14H2,1-6H3,(H,21,25)(H2,19,20,22);1H. The second-order valence-electron chi connectivity index (χ2n) is 7.83. The van der Waals surface area contributed by atoms with Gasteiger partial charge in [-0.15, -0.1) is 24.0 Å². The number of nitrogens with zero attached hydrogens (tertiary/aromatic N) is 3. The van der Waals surface area contributed by atoms with E-state index < -0.39 is 5.60 Å². The maximum atomic E-state index is 11.6. The summed E-state index contributed by atoms with van der Waals surface area (Å²) in [6.45, 7) is 13.8. The van der Waals surface area contributed by atoms with Crippen LogP contribution in [-0.4, -0.2) is 93.4 Å². The fraction of sp³-hybridized carbons (Fsp3) is 0.889. The second-order valence-corrected chi connectivity index (χ2v) is 7.83. The number of guanidine groups is 1. The molecule has 0 aromatic rings. The molecule has 0 aromatic heterocycles. The van der Waals surface area contributed by atoms with Crippen molar-refractivity contribution >= 4 is 36.0 Å². The summed E-state index contributed by atoms with van der Waals surface area (Å²) in [5.41, 5.74) is -0.465. The van der Waals surface area contributed by atoms with Crippen LogP contribution in [0.25, 0.3) is 0 Å². The van der Waals surface area contributed by atoms with E-state index in [1.54, 1.807) is 0 Å². The number of ether oxygens (including phenoxy) is 1. The van der Waals surface area contributed by atoms with Crippen LogP contribution >= 0.6 is 24.0 Å². The van der Waals surface area contributed by atoms with Crippen molar-refractivity contribution in [2.45, 2.75) is 45.8 Å². The Morgan fingerprint density at radius 1 is 1.15 bits per heavy atom. The summed E-state index contributed by atoms with van der Waals surface area (Å²) in [7, 11) is 4.32. The Morgan fingerprint density at radius 2 is 1.81 bits per heavy atom. The quantitative estimate of drug-likeness (QED) is 0.213. The maximum absolute atomic E-state index is 11.6. The van der Waals surface area contributed by atoms with Crippen LogP contribution in [0.15, 0.2) is 4.99 Å². The molecule has 1 unspecified atom stereocenters. The van der Waals surface area contributed by atoms with E-state index in [2.05, 4.69) is 46.8 Å². The van der Waals surface area contributed by atoms with Crippen molar-refractivity contribution in [2.24, 2.45) is 4.99 Å². The predicted molar refractivity (Wildman–Crippen MR) is 122 cm³/mol. The van der Waals surface area contributed by atoms with Gasteiger partial charge >= 0.3 is 6.09 Å². The van der Waals surface area contributed by atoms with E-state index in [0.29, 0.717) is 12.6 Å². The molecule has 160 valence electrons. The molecule has 0 aromatic carbocycles. The van der Waals surface area contributed by atoms with E-state index in [4.69, 9.17) is 9.73 Å². The third-order valence-corrected chi connectivity index (χ3v) is 4.10. The number of carbonyl (C=O) groups excluding carboxylic acids is 1. The van der Waals surface area contributed by atoms with Crippen molar-refractivity contribution in [1.29, 1.82) is 0 Å². The van der Waals surface area contributed by atoms with Crippen molar-refractivity contribution in [3.63, 3.8) is 0 Å². The Bertz CT molecular complexity index is 456. The number of nitrogens with one attached hydrogen (secondary N) is 3. The van der Waals surface area contributed by atoms with Gasteiger partial charge in [0.1, 0.15) is 5.60 Å². The zero-order chi connectivity index (χ0) is 19.6. The number of hydrogen-bond acceptors (Lipinski definition) is 5. The largest absolute Gasteiger partial charge is 0.444 e. The molecule has 0 aliphatic carbocycles. The lowest BCUT2D eigenvalue weighted by atomic mass is 10.2. The normalized spacial score (nSPS) is 19.2. The summed E-state index contributed by atoms with van der Waals surface area (Å²) in [5, 5.41) is 9.36. The summed E-state index contributed by atoms with van der Waals surface area (Å²) in [6, 6.07) is 0.443. The zero-order valence-electron chi connectivity index (χ0n) is 17.8. The number of carbonyl (C=O) groups is 1. The molecule has 0 saturated carbocycles. The fourth-order valence-corrected chi connectivity index (χ4v) is 2.64. The molecular weight excluding hydrogens is 459 g/mol. The highest BCUT2D eigenvalue weighted by molar-refractivity contribution is 14.0. The summed E-state index contributed by atoms with van der Waals surface area (Å²) in [5.74, 6) is 0.825. The highest BCUT2D eigenvalue weighted by atomic mass is 127. The number of rotatable bonds is 7. The predicted octanol–water partition coefficient (Wildman–Crippen LogP) is 1.32. The van der Waals surface area contributed by atoms with Gasteiger partial charge in [-0.3, -0.25) is 9.89 Å². The molecule has 9 heteroatoms. The van der Waals surface area contributed by atoms with E-state index in [9.17, 15) is 4.79 Å². The minimum absolute atomic E-state index is 0. The first-order valence-electron chi connectivity index (χ1n) is 9.59. The van der Waals surface area contributed by atoms with E-state index in [1.807, 2.05) is 20.8 Å². The van der Waals surface area contributed by atoms with Crippen molar-refractivity contribution in [3.05, 3.63) is 0 Å². The topological polar surface area (TPSA) is 81.2 Å². The number of aliphatic imine (C=N–C) groups is 1. The summed E-state index contributed by atoms with van der Waals surface area (Å²) < 4.78 is 5.21. The van der Waals surface area contributed by atoms with Crippen molar-refractivity contribution in [1.82, 2.24) is 25.8 Å². The van der Waals surface area contributed by atoms with Crippen LogP contribution in [0.1, 0.15) is 34.1 Å². The third-order valence-electron chi connectivity index (χ3n) is 4.10. The van der Waals surface area contributed by atoms with Gasteiger partial charge in [-0.05, 0) is 48.2 Å². The third kappa shape index (κ3) is 12.3. The average molecular weight is 498 g/mol. The van der Waals surface area contributed by atoms with E-state index in [-0.39, 0.29) is 30.1 Å². The molecule has 1 amide bonds. The molecule has 8 nitrogen and oxygen atoms in total. The van der Waals surface area contributed by atoms with Gasteiger partial charge in [0.15, 0.2) is 5.96 Å². The SMILES string of the molecule is CCNC(=NCC1CN(C)CCN1C)NCCCNC(=O)OC(C)(C)C.I. The van der Waals surface area contributed by atoms with Gasteiger partial charge in [-0.25, -0.2) is 4.79 Å². The molecule has 1 atom stereocenters. The van der Waals surface area contributed by atoms with Gasteiger partial charge in [0.2, 0.25) is 0 Å². The second kappa shape index (κ2) is 13.4. The van der Waals surface area contributed by atoms with Crippen LogP contribution in [0, 0.1) is 0 Å². The number of halogens is 1. The molecule has 1 heterocycles. The number of likely N-dealkylation sites (N-methyl/N-ethyl adjacent to an activating group) is 2. The monoisotopic (exact) mass is 498 g/mol. The van der Waals surface area contributed by atoms with Crippen LogP contribution in [0.2, 0.25) is 0 Å². The van der Waals surface area contributed by atoms with Gasteiger partial charge < -0.3 is 25.6 Å². The minimum atomic E-state index is -0.465. The van der Waals surface area contributed by atoms with Crippen molar-refractivity contribution in [2.75, 3.05) is 59.9 Å². The Labute approximate surface area is 181 Å². The molecule has 27 heavy (non-hydrogen) atoms. The highest BCUT2D eigenvalue weighted by Gasteiger charge is 2.21. The lowest BCUT2D eigenvalue weighted by Crippen LogP contribution is -2.51. The maximum Gasteiger partial charge on any atom is 0.407 e. The van der Waals surface area contributed by atoms with E-state index >= 15 is 0 Å². The summed E-state index contributed by atoms with van der Waals surface area (Å²) in [6.07, 6.45) is 0.429. The molecule has 1 rings (SSSR count). The van der Waals surface area contributed by atoms with E-state index in [0.717, 1.165) is 51.6 Å². The number of piperazine rings is 1.